The van der Waals surface area contributed by atoms with Crippen LogP contribution in [0.5, 0.6) is 0 Å². The zero-order valence-electron chi connectivity index (χ0n) is 11.8. The summed E-state index contributed by atoms with van der Waals surface area (Å²) < 4.78 is 10.7. The summed E-state index contributed by atoms with van der Waals surface area (Å²) in [7, 11) is 0. The number of aliphatic hydroxyl groups excluding tert-OH is 1. The van der Waals surface area contributed by atoms with Gasteiger partial charge in [0.15, 0.2) is 29.3 Å². The van der Waals surface area contributed by atoms with Crippen molar-refractivity contribution in [2.45, 2.75) is 58.8 Å². The van der Waals surface area contributed by atoms with Crippen LogP contribution in [0.2, 0.25) is 0 Å². The minimum absolute atomic E-state index is 0.0000694. The number of aliphatic hydroxyl groups is 1. The van der Waals surface area contributed by atoms with Gasteiger partial charge >= 0.3 is 5.97 Å². The molecule has 2 fully saturated rings. The van der Waals surface area contributed by atoms with E-state index < -0.39 is 6.29 Å². The lowest BCUT2D eigenvalue weighted by Crippen LogP contribution is -2.39. The Morgan fingerprint density at radius 3 is 2.63 bits per heavy atom. The van der Waals surface area contributed by atoms with Crippen molar-refractivity contribution in [1.82, 2.24) is 0 Å². The Labute approximate surface area is 128 Å². The summed E-state index contributed by atoms with van der Waals surface area (Å²) in [5.74, 6) is 0.588. The molecular weight excluding hydrogens is 359 g/mol. The van der Waals surface area contributed by atoms with Crippen molar-refractivity contribution >= 4 is 29.0 Å². The number of ether oxygens (including phenoxy) is 1. The Hall–Kier alpha value is 0.120. The van der Waals surface area contributed by atoms with Crippen LogP contribution in [-0.2, 0) is 12.6 Å². The molecule has 2 aliphatic carbocycles. The maximum atomic E-state index is 11.7. The number of carbonyl (C=O) groups excluding carboxylic acids is 1. The van der Waals surface area contributed by atoms with Gasteiger partial charge in [-0.1, -0.05) is 20.8 Å². The molecule has 4 nitrogen and oxygen atoms in total. The van der Waals surface area contributed by atoms with Crippen LogP contribution < -0.4 is 0 Å². The highest BCUT2D eigenvalue weighted by molar-refractivity contribution is 14.1. The fourth-order valence-electron chi connectivity index (χ4n) is 3.30. The first-order chi connectivity index (χ1) is 8.89. The van der Waals surface area contributed by atoms with Crippen molar-refractivity contribution in [3.05, 3.63) is 0 Å². The molecule has 2 saturated carbocycles. The molecule has 19 heavy (non-hydrogen) atoms. The Morgan fingerprint density at radius 1 is 1.42 bits per heavy atom. The van der Waals surface area contributed by atoms with Gasteiger partial charge in [0.05, 0.1) is 12.0 Å². The molecule has 0 aromatic rings. The molecule has 2 bridgehead atoms. The van der Waals surface area contributed by atoms with Crippen molar-refractivity contribution in [1.29, 1.82) is 0 Å². The van der Waals surface area contributed by atoms with Crippen molar-refractivity contribution in [3.63, 3.8) is 0 Å². The van der Waals surface area contributed by atoms with Crippen LogP contribution >= 0.6 is 23.0 Å². The standard InChI is InChI=1S/C14H23IO4/c1-4-14(2,3)13(17)18-11-7-8-5-9(11)10(6-8)12(16)19-15/h8-11,13,17H,4-7H2,1-3H3. The van der Waals surface area contributed by atoms with Gasteiger partial charge in [-0.2, -0.15) is 0 Å². The lowest BCUT2D eigenvalue weighted by atomic mass is 9.85. The summed E-state index contributed by atoms with van der Waals surface area (Å²) in [6.45, 7) is 6.05. The van der Waals surface area contributed by atoms with Crippen LogP contribution in [0.4, 0.5) is 0 Å². The van der Waals surface area contributed by atoms with Crippen LogP contribution in [0.1, 0.15) is 46.5 Å². The van der Waals surface area contributed by atoms with Gasteiger partial charge in [0.2, 0.25) is 0 Å². The first-order valence-corrected chi connectivity index (χ1v) is 7.93. The highest BCUT2D eigenvalue weighted by Crippen LogP contribution is 2.51. The highest BCUT2D eigenvalue weighted by Gasteiger charge is 2.51. The van der Waals surface area contributed by atoms with Gasteiger partial charge in [0, 0.05) is 5.41 Å². The van der Waals surface area contributed by atoms with Crippen molar-refractivity contribution in [3.8, 4) is 0 Å². The van der Waals surface area contributed by atoms with E-state index in [-0.39, 0.29) is 29.3 Å². The largest absolute Gasteiger partial charge is 0.394 e. The van der Waals surface area contributed by atoms with E-state index in [2.05, 4.69) is 0 Å². The third kappa shape index (κ3) is 3.08. The van der Waals surface area contributed by atoms with Gasteiger partial charge in [0.1, 0.15) is 0 Å². The quantitative estimate of drug-likeness (QED) is 0.587. The fraction of sp³-hybridized carbons (Fsp3) is 0.929. The van der Waals surface area contributed by atoms with Gasteiger partial charge in [-0.3, -0.25) is 4.79 Å². The second kappa shape index (κ2) is 5.85. The van der Waals surface area contributed by atoms with E-state index in [9.17, 15) is 9.90 Å². The van der Waals surface area contributed by atoms with E-state index in [1.54, 1.807) is 23.0 Å². The first kappa shape index (κ1) is 15.5. The lowest BCUT2D eigenvalue weighted by Gasteiger charge is -2.35. The second-order valence-electron chi connectivity index (χ2n) is 6.61. The predicted octanol–water partition coefficient (Wildman–Crippen LogP) is 3.07. The Morgan fingerprint density at radius 2 is 2.11 bits per heavy atom. The maximum Gasteiger partial charge on any atom is 0.318 e. The number of halogens is 1. The molecule has 0 radical (unpaired) electrons. The molecular formula is C14H23IO4. The summed E-state index contributed by atoms with van der Waals surface area (Å²) in [5, 5.41) is 10.2. The molecule has 2 rings (SSSR count). The number of fused-ring (bicyclic) bond motifs is 2. The van der Waals surface area contributed by atoms with E-state index in [0.717, 1.165) is 25.7 Å². The number of rotatable bonds is 5. The topological polar surface area (TPSA) is 55.8 Å². The summed E-state index contributed by atoms with van der Waals surface area (Å²) in [6.07, 6.45) is 3.00. The molecule has 5 atom stereocenters. The van der Waals surface area contributed by atoms with E-state index >= 15 is 0 Å². The molecule has 0 aliphatic heterocycles. The van der Waals surface area contributed by atoms with Gasteiger partial charge < -0.3 is 12.9 Å². The van der Waals surface area contributed by atoms with Crippen LogP contribution in [0.3, 0.4) is 0 Å². The van der Waals surface area contributed by atoms with Crippen molar-refractivity contribution < 1.29 is 17.7 Å². The molecule has 2 aliphatic rings. The van der Waals surface area contributed by atoms with E-state index in [4.69, 9.17) is 7.80 Å². The van der Waals surface area contributed by atoms with Crippen molar-refractivity contribution in [2.24, 2.45) is 23.2 Å². The SMILES string of the molecule is CCC(C)(C)C(O)OC1CC2CC(C(=O)OI)C1C2. The molecule has 5 heteroatoms. The average molecular weight is 382 g/mol. The van der Waals surface area contributed by atoms with Gasteiger partial charge in [-0.15, -0.1) is 0 Å². The van der Waals surface area contributed by atoms with Crippen LogP contribution in [0.15, 0.2) is 0 Å². The van der Waals surface area contributed by atoms with Gasteiger partial charge in [-0.25, -0.2) is 0 Å². The maximum absolute atomic E-state index is 11.7. The second-order valence-corrected chi connectivity index (χ2v) is 7.05. The van der Waals surface area contributed by atoms with Gasteiger partial charge in [0.25, 0.3) is 0 Å². The smallest absolute Gasteiger partial charge is 0.318 e. The average Bonchev–Trinajstić information content (AvgIpc) is 2.97. The van der Waals surface area contributed by atoms with Gasteiger partial charge in [-0.05, 0) is 37.5 Å². The fourth-order valence-corrected chi connectivity index (χ4v) is 3.62. The summed E-state index contributed by atoms with van der Waals surface area (Å²) in [4.78, 5) is 11.7. The summed E-state index contributed by atoms with van der Waals surface area (Å²) >= 11 is 1.66. The zero-order chi connectivity index (χ0) is 14.2. The molecule has 110 valence electrons. The van der Waals surface area contributed by atoms with Crippen LogP contribution in [-0.4, -0.2) is 23.5 Å². The predicted molar refractivity (Wildman–Crippen MR) is 79.4 cm³/mol. The first-order valence-electron chi connectivity index (χ1n) is 7.05. The van der Waals surface area contributed by atoms with Crippen molar-refractivity contribution in [2.75, 3.05) is 0 Å². The lowest BCUT2D eigenvalue weighted by molar-refractivity contribution is -0.206. The molecule has 0 saturated heterocycles. The van der Waals surface area contributed by atoms with Crippen LogP contribution in [0, 0.1) is 23.2 Å². The summed E-state index contributed by atoms with van der Waals surface area (Å²) in [5.41, 5.74) is -0.249. The minimum Gasteiger partial charge on any atom is -0.394 e. The number of hydrogen-bond donors (Lipinski definition) is 1. The molecule has 0 aromatic carbocycles. The van der Waals surface area contributed by atoms with E-state index in [1.807, 2.05) is 20.8 Å². The molecule has 1 N–H and O–H groups in total. The van der Waals surface area contributed by atoms with E-state index in [1.165, 1.54) is 0 Å². The zero-order valence-corrected chi connectivity index (χ0v) is 13.9. The molecule has 0 heterocycles. The third-order valence-electron chi connectivity index (χ3n) is 5.02. The normalized spacial score (nSPS) is 35.4. The Balaban J connectivity index is 1.98. The minimum atomic E-state index is -0.766. The molecule has 0 aromatic heterocycles. The summed E-state index contributed by atoms with van der Waals surface area (Å²) in [6, 6.07) is 0. The third-order valence-corrected chi connectivity index (χ3v) is 5.45. The highest BCUT2D eigenvalue weighted by atomic mass is 127. The number of hydrogen-bond acceptors (Lipinski definition) is 4. The monoisotopic (exact) mass is 382 g/mol. The Kier molecular flexibility index (Phi) is 4.78. The van der Waals surface area contributed by atoms with Crippen LogP contribution in [0.25, 0.3) is 0 Å². The molecule has 0 spiro atoms. The number of carbonyl (C=O) groups is 1. The van der Waals surface area contributed by atoms with E-state index in [0.29, 0.717) is 5.92 Å². The molecule has 0 amide bonds. The Bertz CT molecular complexity index is 344. The molecule has 5 unspecified atom stereocenters.